The van der Waals surface area contributed by atoms with Crippen LogP contribution in [0.1, 0.15) is 18.4 Å². The molecular weight excluding hydrogens is 412 g/mol. The standard InChI is InChI=1S/C20H28N2O9/c21-12(8-10-3-5-11(23)6-4-10)18(27)22-7-1-2-13(22)19(28)30-9-14-15(24)16(25)17(26)20(29)31-14/h3-6,12-17,20,23-26,29H,1-2,7-9,21H2/t12-,13-,14+,15+,16-,17+,20-/m0/s1. The van der Waals surface area contributed by atoms with Crippen LogP contribution in [0.4, 0.5) is 0 Å². The number of hydrogen-bond acceptors (Lipinski definition) is 10. The van der Waals surface area contributed by atoms with E-state index in [0.29, 0.717) is 19.4 Å². The van der Waals surface area contributed by atoms with E-state index in [2.05, 4.69) is 0 Å². The van der Waals surface area contributed by atoms with Gasteiger partial charge in [0.15, 0.2) is 6.29 Å². The van der Waals surface area contributed by atoms with Crippen LogP contribution in [0.15, 0.2) is 24.3 Å². The molecule has 2 heterocycles. The van der Waals surface area contributed by atoms with E-state index < -0.39 is 61.3 Å². The summed E-state index contributed by atoms with van der Waals surface area (Å²) in [6.45, 7) is -0.132. The van der Waals surface area contributed by atoms with E-state index in [4.69, 9.17) is 15.2 Å². The Kier molecular flexibility index (Phi) is 7.46. The number of aliphatic hydroxyl groups is 4. The highest BCUT2D eigenvalue weighted by Gasteiger charge is 2.44. The molecule has 1 amide bonds. The maximum atomic E-state index is 12.8. The van der Waals surface area contributed by atoms with Crippen molar-refractivity contribution >= 4 is 11.9 Å². The Labute approximate surface area is 178 Å². The number of ether oxygens (including phenoxy) is 2. The number of amides is 1. The zero-order valence-electron chi connectivity index (χ0n) is 16.8. The molecule has 7 atom stereocenters. The number of nitrogens with two attached hydrogens (primary N) is 1. The van der Waals surface area contributed by atoms with Crippen molar-refractivity contribution < 1.29 is 44.6 Å². The molecule has 0 bridgehead atoms. The number of aromatic hydroxyl groups is 1. The minimum Gasteiger partial charge on any atom is -0.508 e. The molecule has 2 saturated heterocycles. The van der Waals surface area contributed by atoms with Crippen molar-refractivity contribution in [3.63, 3.8) is 0 Å². The lowest BCUT2D eigenvalue weighted by Gasteiger charge is -2.38. The van der Waals surface area contributed by atoms with Gasteiger partial charge in [0.05, 0.1) is 6.04 Å². The fourth-order valence-corrected chi connectivity index (χ4v) is 3.79. The van der Waals surface area contributed by atoms with Gasteiger partial charge >= 0.3 is 5.97 Å². The summed E-state index contributed by atoms with van der Waals surface area (Å²) < 4.78 is 10.2. The molecule has 0 spiro atoms. The predicted octanol–water partition coefficient (Wildman–Crippen LogP) is -2.40. The lowest BCUT2D eigenvalue weighted by Crippen LogP contribution is -2.59. The normalized spacial score (nSPS) is 32.0. The number of rotatable bonds is 6. The van der Waals surface area contributed by atoms with E-state index >= 15 is 0 Å². The molecular formula is C20H28N2O9. The van der Waals surface area contributed by atoms with Crippen LogP contribution >= 0.6 is 0 Å². The summed E-state index contributed by atoms with van der Waals surface area (Å²) in [5, 5.41) is 48.1. The zero-order chi connectivity index (χ0) is 22.7. The van der Waals surface area contributed by atoms with E-state index in [0.717, 1.165) is 5.56 Å². The average molecular weight is 440 g/mol. The first-order chi connectivity index (χ1) is 14.7. The first-order valence-corrected chi connectivity index (χ1v) is 10.1. The van der Waals surface area contributed by atoms with E-state index in [1.165, 1.54) is 17.0 Å². The lowest BCUT2D eigenvalue weighted by molar-refractivity contribution is -0.287. The van der Waals surface area contributed by atoms with Crippen LogP contribution in [0.2, 0.25) is 0 Å². The van der Waals surface area contributed by atoms with Crippen LogP contribution in [0.5, 0.6) is 5.75 Å². The van der Waals surface area contributed by atoms with Crippen molar-refractivity contribution in [3.05, 3.63) is 29.8 Å². The second-order valence-electron chi connectivity index (χ2n) is 7.83. The number of hydrogen-bond donors (Lipinski definition) is 6. The number of benzene rings is 1. The quantitative estimate of drug-likeness (QED) is 0.261. The van der Waals surface area contributed by atoms with Crippen LogP contribution < -0.4 is 5.73 Å². The molecule has 0 aliphatic carbocycles. The SMILES string of the molecule is N[C@@H](Cc1ccc(O)cc1)C(=O)N1CCC[C@H]1C(=O)OC[C@H]1O[C@H](O)[C@H](O)[C@@H](O)[C@@H]1O. The highest BCUT2D eigenvalue weighted by Crippen LogP contribution is 2.23. The summed E-state index contributed by atoms with van der Waals surface area (Å²) in [6.07, 6.45) is -6.67. The number of phenols is 1. The minimum absolute atomic E-state index is 0.104. The monoisotopic (exact) mass is 440 g/mol. The number of aliphatic hydroxyl groups excluding tert-OH is 4. The molecule has 7 N–H and O–H groups in total. The van der Waals surface area contributed by atoms with Crippen molar-refractivity contribution in [3.8, 4) is 5.75 Å². The van der Waals surface area contributed by atoms with Gasteiger partial charge < -0.3 is 45.6 Å². The number of esters is 1. The summed E-state index contributed by atoms with van der Waals surface area (Å²) >= 11 is 0. The first kappa shape index (κ1) is 23.4. The van der Waals surface area contributed by atoms with Crippen LogP contribution in [0.3, 0.4) is 0 Å². The maximum absolute atomic E-state index is 12.8. The van der Waals surface area contributed by atoms with Gasteiger partial charge in [-0.2, -0.15) is 0 Å². The largest absolute Gasteiger partial charge is 0.508 e. The van der Waals surface area contributed by atoms with E-state index in [1.807, 2.05) is 0 Å². The summed E-state index contributed by atoms with van der Waals surface area (Å²) in [7, 11) is 0. The number of nitrogens with zero attached hydrogens (tertiary/aromatic N) is 1. The average Bonchev–Trinajstić information content (AvgIpc) is 3.24. The van der Waals surface area contributed by atoms with E-state index in [1.54, 1.807) is 12.1 Å². The fraction of sp³-hybridized carbons (Fsp3) is 0.600. The van der Waals surface area contributed by atoms with Gasteiger partial charge in [0, 0.05) is 6.54 Å². The zero-order valence-corrected chi connectivity index (χ0v) is 16.8. The molecule has 3 rings (SSSR count). The van der Waals surface area contributed by atoms with E-state index in [9.17, 15) is 35.1 Å². The Morgan fingerprint density at radius 1 is 1.13 bits per heavy atom. The summed E-state index contributed by atoms with van der Waals surface area (Å²) in [5.74, 6) is -1.02. The molecule has 2 fully saturated rings. The van der Waals surface area contributed by atoms with Crippen molar-refractivity contribution in [1.29, 1.82) is 0 Å². The van der Waals surface area contributed by atoms with Crippen LogP contribution in [-0.2, 0) is 25.5 Å². The molecule has 2 aliphatic heterocycles. The predicted molar refractivity (Wildman–Crippen MR) is 104 cm³/mol. The molecule has 11 heteroatoms. The first-order valence-electron chi connectivity index (χ1n) is 10.1. The Morgan fingerprint density at radius 2 is 1.81 bits per heavy atom. The van der Waals surface area contributed by atoms with Crippen LogP contribution in [0.25, 0.3) is 0 Å². The van der Waals surface area contributed by atoms with Gasteiger partial charge in [-0.25, -0.2) is 4.79 Å². The molecule has 11 nitrogen and oxygen atoms in total. The van der Waals surface area contributed by atoms with Crippen molar-refractivity contribution in [1.82, 2.24) is 4.90 Å². The molecule has 1 aromatic carbocycles. The second kappa shape index (κ2) is 9.90. The van der Waals surface area contributed by atoms with Crippen LogP contribution in [-0.4, -0.2) is 98.3 Å². The van der Waals surface area contributed by atoms with Gasteiger partial charge in [0.25, 0.3) is 0 Å². The van der Waals surface area contributed by atoms with Gasteiger partial charge in [0.1, 0.15) is 42.8 Å². The Morgan fingerprint density at radius 3 is 2.48 bits per heavy atom. The molecule has 0 unspecified atom stereocenters. The molecule has 0 aromatic heterocycles. The Bertz CT molecular complexity index is 774. The minimum atomic E-state index is -1.73. The Balaban J connectivity index is 1.55. The number of phenolic OH excluding ortho intramolecular Hbond substituents is 1. The van der Waals surface area contributed by atoms with E-state index in [-0.39, 0.29) is 12.2 Å². The third-order valence-corrected chi connectivity index (χ3v) is 5.59. The van der Waals surface area contributed by atoms with Gasteiger partial charge in [-0.05, 0) is 37.0 Å². The smallest absolute Gasteiger partial charge is 0.328 e. The van der Waals surface area contributed by atoms with Gasteiger partial charge in [-0.3, -0.25) is 4.79 Å². The number of likely N-dealkylation sites (tertiary alicyclic amines) is 1. The third-order valence-electron chi connectivity index (χ3n) is 5.59. The van der Waals surface area contributed by atoms with Crippen LogP contribution in [0, 0.1) is 0 Å². The highest BCUT2D eigenvalue weighted by atomic mass is 16.6. The third kappa shape index (κ3) is 5.32. The second-order valence-corrected chi connectivity index (χ2v) is 7.83. The Hall–Kier alpha value is -2.28. The summed E-state index contributed by atoms with van der Waals surface area (Å²) in [4.78, 5) is 26.7. The lowest BCUT2D eigenvalue weighted by atomic mass is 9.99. The van der Waals surface area contributed by atoms with Crippen molar-refractivity contribution in [2.45, 2.75) is 62.1 Å². The van der Waals surface area contributed by atoms with Gasteiger partial charge in [-0.1, -0.05) is 12.1 Å². The summed E-state index contributed by atoms with van der Waals surface area (Å²) in [5.41, 5.74) is 6.81. The molecule has 31 heavy (non-hydrogen) atoms. The maximum Gasteiger partial charge on any atom is 0.328 e. The molecule has 172 valence electrons. The van der Waals surface area contributed by atoms with Crippen molar-refractivity contribution in [2.24, 2.45) is 5.73 Å². The highest BCUT2D eigenvalue weighted by molar-refractivity contribution is 5.88. The summed E-state index contributed by atoms with van der Waals surface area (Å²) in [6, 6.07) is 4.59. The number of carbonyl (C=O) groups is 2. The number of carbonyl (C=O) groups excluding carboxylic acids is 2. The molecule has 0 saturated carbocycles. The molecule has 1 aromatic rings. The van der Waals surface area contributed by atoms with Gasteiger partial charge in [0.2, 0.25) is 5.91 Å². The topological polar surface area (TPSA) is 183 Å². The van der Waals surface area contributed by atoms with Crippen molar-refractivity contribution in [2.75, 3.05) is 13.2 Å². The molecule has 0 radical (unpaired) electrons. The fourth-order valence-electron chi connectivity index (χ4n) is 3.79. The van der Waals surface area contributed by atoms with Gasteiger partial charge in [-0.15, -0.1) is 0 Å². The molecule has 2 aliphatic rings.